The van der Waals surface area contributed by atoms with Gasteiger partial charge in [-0.1, -0.05) is 18.2 Å². The van der Waals surface area contributed by atoms with Crippen LogP contribution in [-0.4, -0.2) is 26.5 Å². The van der Waals surface area contributed by atoms with Crippen LogP contribution in [0.3, 0.4) is 0 Å². The Bertz CT molecular complexity index is 1210. The minimum Gasteiger partial charge on any atom is -0.322 e. The molecule has 0 aliphatic rings. The summed E-state index contributed by atoms with van der Waals surface area (Å²) in [6, 6.07) is 16.2. The molecule has 144 valence electrons. The average Bonchev–Trinajstić information content (AvgIpc) is 3.22. The number of aromatic nitrogens is 3. The van der Waals surface area contributed by atoms with Crippen molar-refractivity contribution in [1.82, 2.24) is 14.8 Å². The molecule has 0 bridgehead atoms. The number of carbonyl (C=O) groups excluding carboxylic acids is 2. The van der Waals surface area contributed by atoms with Crippen molar-refractivity contribution in [2.24, 2.45) is 0 Å². The lowest BCUT2D eigenvalue weighted by Gasteiger charge is -2.10. The van der Waals surface area contributed by atoms with Crippen LogP contribution in [0.25, 0.3) is 22.2 Å². The summed E-state index contributed by atoms with van der Waals surface area (Å²) >= 11 is 0. The highest BCUT2D eigenvalue weighted by molar-refractivity contribution is 6.13. The molecule has 0 aliphatic heterocycles. The van der Waals surface area contributed by atoms with Gasteiger partial charge in [0.2, 0.25) is 0 Å². The van der Waals surface area contributed by atoms with Gasteiger partial charge in [-0.05, 0) is 50.2 Å². The highest BCUT2D eigenvalue weighted by atomic mass is 16.1. The lowest BCUT2D eigenvalue weighted by Crippen LogP contribution is -2.13. The van der Waals surface area contributed by atoms with Crippen molar-refractivity contribution < 1.29 is 9.59 Å². The Hall–Kier alpha value is -3.80. The van der Waals surface area contributed by atoms with Crippen LogP contribution in [0.2, 0.25) is 0 Å². The van der Waals surface area contributed by atoms with Crippen LogP contribution < -0.4 is 5.32 Å². The van der Waals surface area contributed by atoms with E-state index in [9.17, 15) is 9.59 Å². The third-order valence-corrected chi connectivity index (χ3v) is 4.76. The number of nitrogens with one attached hydrogen (secondary N) is 1. The van der Waals surface area contributed by atoms with Gasteiger partial charge in [0.1, 0.15) is 0 Å². The van der Waals surface area contributed by atoms with Crippen LogP contribution in [0.15, 0.2) is 67.0 Å². The van der Waals surface area contributed by atoms with Gasteiger partial charge in [-0.25, -0.2) is 4.98 Å². The van der Waals surface area contributed by atoms with Gasteiger partial charge in [0.25, 0.3) is 5.91 Å². The zero-order valence-electron chi connectivity index (χ0n) is 16.2. The summed E-state index contributed by atoms with van der Waals surface area (Å²) in [7, 11) is 0. The topological polar surface area (TPSA) is 76.9 Å². The number of aryl methyl sites for hydroxylation is 1. The SMILES string of the molecule is CCn1cc(-c2cc(C(=O)Nc3ccc(C(C)=O)cc3)c3ccccc3n2)cn1. The maximum absolute atomic E-state index is 13.1. The molecule has 2 aromatic heterocycles. The fourth-order valence-electron chi connectivity index (χ4n) is 3.17. The molecule has 0 saturated heterocycles. The van der Waals surface area contributed by atoms with E-state index in [-0.39, 0.29) is 11.7 Å². The number of hydrogen-bond donors (Lipinski definition) is 1. The number of pyridine rings is 1. The number of fused-ring (bicyclic) bond motifs is 1. The maximum Gasteiger partial charge on any atom is 0.256 e. The molecule has 0 fully saturated rings. The molecule has 0 unspecified atom stereocenters. The molecule has 4 rings (SSSR count). The molecule has 2 aromatic carbocycles. The van der Waals surface area contributed by atoms with Crippen molar-refractivity contribution in [2.75, 3.05) is 5.32 Å². The van der Waals surface area contributed by atoms with Crippen molar-refractivity contribution in [1.29, 1.82) is 0 Å². The Morgan fingerprint density at radius 1 is 1.07 bits per heavy atom. The predicted molar refractivity (Wildman–Crippen MR) is 113 cm³/mol. The van der Waals surface area contributed by atoms with Crippen molar-refractivity contribution >= 4 is 28.3 Å². The molecule has 29 heavy (non-hydrogen) atoms. The lowest BCUT2D eigenvalue weighted by molar-refractivity contribution is 0.101. The van der Waals surface area contributed by atoms with E-state index < -0.39 is 0 Å². The molecule has 4 aromatic rings. The molecule has 0 atom stereocenters. The first-order valence-corrected chi connectivity index (χ1v) is 9.40. The maximum atomic E-state index is 13.1. The molecule has 0 saturated carbocycles. The Morgan fingerprint density at radius 2 is 1.83 bits per heavy atom. The number of hydrogen-bond acceptors (Lipinski definition) is 4. The van der Waals surface area contributed by atoms with E-state index in [1.807, 2.05) is 42.1 Å². The smallest absolute Gasteiger partial charge is 0.256 e. The summed E-state index contributed by atoms with van der Waals surface area (Å²) in [5.74, 6) is -0.247. The number of amides is 1. The van der Waals surface area contributed by atoms with Crippen LogP contribution in [0.4, 0.5) is 5.69 Å². The summed E-state index contributed by atoms with van der Waals surface area (Å²) in [5.41, 5.74) is 4.06. The highest BCUT2D eigenvalue weighted by Gasteiger charge is 2.15. The van der Waals surface area contributed by atoms with Crippen LogP contribution in [0.1, 0.15) is 34.6 Å². The molecule has 0 radical (unpaired) electrons. The molecule has 2 heterocycles. The van der Waals surface area contributed by atoms with Gasteiger partial charge >= 0.3 is 0 Å². The van der Waals surface area contributed by atoms with Crippen LogP contribution >= 0.6 is 0 Å². The summed E-state index contributed by atoms with van der Waals surface area (Å²) in [6.07, 6.45) is 3.67. The van der Waals surface area contributed by atoms with E-state index in [1.54, 1.807) is 36.5 Å². The Kier molecular flexibility index (Phi) is 4.91. The largest absolute Gasteiger partial charge is 0.322 e. The zero-order valence-corrected chi connectivity index (χ0v) is 16.2. The van der Waals surface area contributed by atoms with E-state index in [1.165, 1.54) is 6.92 Å². The van der Waals surface area contributed by atoms with E-state index in [0.717, 1.165) is 23.0 Å². The second-order valence-corrected chi connectivity index (χ2v) is 6.74. The first kappa shape index (κ1) is 18.6. The Labute approximate surface area is 168 Å². The number of rotatable bonds is 5. The Morgan fingerprint density at radius 3 is 2.52 bits per heavy atom. The zero-order chi connectivity index (χ0) is 20.4. The summed E-state index contributed by atoms with van der Waals surface area (Å²) in [5, 5.41) is 7.99. The summed E-state index contributed by atoms with van der Waals surface area (Å²) < 4.78 is 1.82. The number of anilines is 1. The lowest BCUT2D eigenvalue weighted by atomic mass is 10.0. The molecular formula is C23H20N4O2. The normalized spacial score (nSPS) is 10.8. The van der Waals surface area contributed by atoms with Gasteiger partial charge < -0.3 is 5.32 Å². The van der Waals surface area contributed by atoms with Crippen LogP contribution in [0.5, 0.6) is 0 Å². The van der Waals surface area contributed by atoms with Crippen molar-refractivity contribution in [3.63, 3.8) is 0 Å². The van der Waals surface area contributed by atoms with Crippen molar-refractivity contribution in [3.8, 4) is 11.3 Å². The minimum absolute atomic E-state index is 0.0136. The van der Waals surface area contributed by atoms with E-state index in [0.29, 0.717) is 22.5 Å². The monoisotopic (exact) mass is 384 g/mol. The highest BCUT2D eigenvalue weighted by Crippen LogP contribution is 2.25. The first-order chi connectivity index (χ1) is 14.0. The van der Waals surface area contributed by atoms with Crippen LogP contribution in [-0.2, 0) is 6.54 Å². The number of para-hydroxylation sites is 1. The minimum atomic E-state index is -0.233. The average molecular weight is 384 g/mol. The van der Waals surface area contributed by atoms with E-state index in [2.05, 4.69) is 10.4 Å². The number of nitrogens with zero attached hydrogens (tertiary/aromatic N) is 3. The molecule has 0 spiro atoms. The van der Waals surface area contributed by atoms with Gasteiger partial charge in [0, 0.05) is 34.9 Å². The number of Topliss-reactive ketones (excluding diaryl/α,β-unsaturated/α-hetero) is 1. The fourth-order valence-corrected chi connectivity index (χ4v) is 3.17. The predicted octanol–water partition coefficient (Wildman–Crippen LogP) is 4.57. The first-order valence-electron chi connectivity index (χ1n) is 9.40. The molecule has 1 amide bonds. The quantitative estimate of drug-likeness (QED) is 0.511. The Balaban J connectivity index is 1.73. The fraction of sp³-hybridized carbons (Fsp3) is 0.130. The molecule has 6 nitrogen and oxygen atoms in total. The number of ketones is 1. The summed E-state index contributed by atoms with van der Waals surface area (Å²) in [6.45, 7) is 4.29. The molecule has 0 aliphatic carbocycles. The molecular weight excluding hydrogens is 364 g/mol. The second-order valence-electron chi connectivity index (χ2n) is 6.74. The van der Waals surface area contributed by atoms with E-state index in [4.69, 9.17) is 4.98 Å². The van der Waals surface area contributed by atoms with E-state index >= 15 is 0 Å². The standard InChI is InChI=1S/C23H20N4O2/c1-3-27-14-17(13-24-27)22-12-20(19-6-4-5-7-21(19)26-22)23(29)25-18-10-8-16(9-11-18)15(2)28/h4-14H,3H2,1-2H3,(H,25,29). The second kappa shape index (κ2) is 7.67. The van der Waals surface area contributed by atoms with Gasteiger partial charge in [-0.15, -0.1) is 0 Å². The van der Waals surface area contributed by atoms with Gasteiger partial charge in [-0.2, -0.15) is 5.10 Å². The number of benzene rings is 2. The number of carbonyl (C=O) groups is 2. The summed E-state index contributed by atoms with van der Waals surface area (Å²) in [4.78, 5) is 29.2. The third-order valence-electron chi connectivity index (χ3n) is 4.76. The van der Waals surface area contributed by atoms with Crippen molar-refractivity contribution in [3.05, 3.63) is 78.1 Å². The van der Waals surface area contributed by atoms with Crippen LogP contribution in [0, 0.1) is 0 Å². The van der Waals surface area contributed by atoms with Gasteiger partial charge in [0.15, 0.2) is 5.78 Å². The molecule has 6 heteroatoms. The molecule has 1 N–H and O–H groups in total. The third kappa shape index (κ3) is 3.78. The van der Waals surface area contributed by atoms with Gasteiger partial charge in [0.05, 0.1) is 23.0 Å². The van der Waals surface area contributed by atoms with Gasteiger partial charge in [-0.3, -0.25) is 14.3 Å². The van der Waals surface area contributed by atoms with Crippen molar-refractivity contribution in [2.45, 2.75) is 20.4 Å².